The second-order valence-electron chi connectivity index (χ2n) is 7.93. The lowest BCUT2D eigenvalue weighted by atomic mass is 10.1. The van der Waals surface area contributed by atoms with Crippen LogP contribution in [0.25, 0.3) is 12.2 Å². The van der Waals surface area contributed by atoms with Crippen molar-refractivity contribution >= 4 is 29.7 Å². The summed E-state index contributed by atoms with van der Waals surface area (Å²) in [6.07, 6.45) is 6.73. The van der Waals surface area contributed by atoms with Crippen molar-refractivity contribution in [1.29, 1.82) is 0 Å². The molecular formula is C26H24ClNO4. The fraction of sp³-hybridized carbons (Fsp3) is 0.231. The van der Waals surface area contributed by atoms with Gasteiger partial charge in [0.2, 0.25) is 0 Å². The Bertz CT molecular complexity index is 1220. The standard InChI is InChI=1S/C26H24ClNO4/c1-32-21-4-2-3-18(15-21)7-12-24-22(19-10-11-19)16-23(27)25(29)28(24)14-13-17-5-8-20(9-6-17)26(30)31/h2-9,12,15-16,19H,10-11,13-14H2,1H3,(H,30,31)/b12-7+. The minimum absolute atomic E-state index is 0.219. The third-order valence-electron chi connectivity index (χ3n) is 5.69. The summed E-state index contributed by atoms with van der Waals surface area (Å²) in [5.74, 6) is 0.230. The van der Waals surface area contributed by atoms with E-state index in [1.807, 2.05) is 42.5 Å². The number of carbonyl (C=O) groups is 1. The first-order chi connectivity index (χ1) is 15.5. The number of aryl methyl sites for hydroxylation is 1. The summed E-state index contributed by atoms with van der Waals surface area (Å²) >= 11 is 6.32. The van der Waals surface area contributed by atoms with Crippen molar-refractivity contribution in [1.82, 2.24) is 4.57 Å². The van der Waals surface area contributed by atoms with Gasteiger partial charge in [-0.05, 0) is 78.3 Å². The van der Waals surface area contributed by atoms with Crippen molar-refractivity contribution in [2.24, 2.45) is 0 Å². The molecule has 3 aromatic rings. The van der Waals surface area contributed by atoms with Crippen molar-refractivity contribution in [3.05, 3.63) is 97.9 Å². The first-order valence-electron chi connectivity index (χ1n) is 10.5. The predicted molar refractivity (Wildman–Crippen MR) is 127 cm³/mol. The molecule has 32 heavy (non-hydrogen) atoms. The molecule has 1 N–H and O–H groups in total. The van der Waals surface area contributed by atoms with Crippen LogP contribution in [0.5, 0.6) is 5.75 Å². The molecule has 1 aliphatic rings. The van der Waals surface area contributed by atoms with Crippen LogP contribution in [0.3, 0.4) is 0 Å². The van der Waals surface area contributed by atoms with Crippen LogP contribution in [-0.4, -0.2) is 22.8 Å². The van der Waals surface area contributed by atoms with Crippen LogP contribution in [0.1, 0.15) is 51.5 Å². The zero-order valence-electron chi connectivity index (χ0n) is 17.8. The Kier molecular flexibility index (Phi) is 6.47. The lowest BCUT2D eigenvalue weighted by Gasteiger charge is -2.16. The molecule has 5 nitrogen and oxygen atoms in total. The Balaban J connectivity index is 1.68. The van der Waals surface area contributed by atoms with Crippen LogP contribution >= 0.6 is 11.6 Å². The zero-order chi connectivity index (χ0) is 22.7. The van der Waals surface area contributed by atoms with Crippen molar-refractivity contribution in [3.63, 3.8) is 0 Å². The number of hydrogen-bond donors (Lipinski definition) is 1. The number of aromatic carboxylic acids is 1. The average molecular weight is 450 g/mol. The SMILES string of the molecule is COc1cccc(/C=C/c2c(C3CC3)cc(Cl)c(=O)n2CCc2ccc(C(=O)O)cc2)c1. The highest BCUT2D eigenvalue weighted by atomic mass is 35.5. The molecule has 0 aliphatic heterocycles. The molecule has 0 saturated heterocycles. The molecule has 1 aromatic heterocycles. The minimum atomic E-state index is -0.957. The van der Waals surface area contributed by atoms with Gasteiger partial charge in [-0.3, -0.25) is 4.79 Å². The van der Waals surface area contributed by atoms with Gasteiger partial charge in [0.05, 0.1) is 12.7 Å². The van der Waals surface area contributed by atoms with Crippen LogP contribution in [0.2, 0.25) is 5.02 Å². The molecular weight excluding hydrogens is 426 g/mol. The van der Waals surface area contributed by atoms with E-state index in [9.17, 15) is 9.59 Å². The van der Waals surface area contributed by atoms with Crippen molar-refractivity contribution in [2.45, 2.75) is 31.7 Å². The van der Waals surface area contributed by atoms with Gasteiger partial charge in [-0.2, -0.15) is 0 Å². The molecule has 1 heterocycles. The van der Waals surface area contributed by atoms with E-state index in [1.54, 1.807) is 35.9 Å². The predicted octanol–water partition coefficient (Wildman–Crippen LogP) is 5.50. The lowest BCUT2D eigenvalue weighted by Crippen LogP contribution is -2.25. The highest BCUT2D eigenvalue weighted by Gasteiger charge is 2.28. The van der Waals surface area contributed by atoms with Gasteiger partial charge in [0.1, 0.15) is 10.8 Å². The molecule has 0 unspecified atom stereocenters. The molecule has 6 heteroatoms. The number of hydrogen-bond acceptors (Lipinski definition) is 3. The van der Waals surface area contributed by atoms with E-state index in [-0.39, 0.29) is 16.1 Å². The Labute approximate surface area is 191 Å². The van der Waals surface area contributed by atoms with Gasteiger partial charge < -0.3 is 14.4 Å². The fourth-order valence-corrected chi connectivity index (χ4v) is 3.99. The van der Waals surface area contributed by atoms with Gasteiger partial charge in [0.25, 0.3) is 5.56 Å². The van der Waals surface area contributed by atoms with E-state index < -0.39 is 5.97 Å². The maximum Gasteiger partial charge on any atom is 0.335 e. The molecule has 0 spiro atoms. The van der Waals surface area contributed by atoms with Crippen molar-refractivity contribution in [3.8, 4) is 5.75 Å². The number of methoxy groups -OCH3 is 1. The average Bonchev–Trinajstić information content (AvgIpc) is 3.64. The fourth-order valence-electron chi connectivity index (χ4n) is 3.77. The monoisotopic (exact) mass is 449 g/mol. The summed E-state index contributed by atoms with van der Waals surface area (Å²) in [5.41, 5.74) is 3.92. The maximum atomic E-state index is 13.0. The van der Waals surface area contributed by atoms with Crippen LogP contribution < -0.4 is 10.3 Å². The quantitative estimate of drug-likeness (QED) is 0.493. The molecule has 4 rings (SSSR count). The Morgan fingerprint density at radius 1 is 1.16 bits per heavy atom. The summed E-state index contributed by atoms with van der Waals surface area (Å²) < 4.78 is 7.04. The molecule has 164 valence electrons. The second kappa shape index (κ2) is 9.45. The normalized spacial score (nSPS) is 13.4. The molecule has 2 aromatic carbocycles. The van der Waals surface area contributed by atoms with E-state index in [1.165, 1.54) is 0 Å². The van der Waals surface area contributed by atoms with Gasteiger partial charge in [0, 0.05) is 12.2 Å². The smallest absolute Gasteiger partial charge is 0.335 e. The largest absolute Gasteiger partial charge is 0.497 e. The third kappa shape index (κ3) is 4.94. The number of carboxylic acids is 1. The Morgan fingerprint density at radius 3 is 2.56 bits per heavy atom. The van der Waals surface area contributed by atoms with Gasteiger partial charge in [-0.25, -0.2) is 4.79 Å². The Hall–Kier alpha value is -3.31. The number of rotatable bonds is 8. The van der Waals surface area contributed by atoms with E-state index in [0.717, 1.165) is 41.0 Å². The van der Waals surface area contributed by atoms with Gasteiger partial charge in [0.15, 0.2) is 0 Å². The molecule has 0 radical (unpaired) electrons. The summed E-state index contributed by atoms with van der Waals surface area (Å²) in [6, 6.07) is 16.3. The molecule has 0 atom stereocenters. The number of ether oxygens (including phenoxy) is 1. The first-order valence-corrected chi connectivity index (χ1v) is 10.9. The van der Waals surface area contributed by atoms with Crippen LogP contribution in [0.15, 0.2) is 59.4 Å². The number of halogens is 1. The Morgan fingerprint density at radius 2 is 1.91 bits per heavy atom. The third-order valence-corrected chi connectivity index (χ3v) is 5.96. The zero-order valence-corrected chi connectivity index (χ0v) is 18.5. The highest BCUT2D eigenvalue weighted by molar-refractivity contribution is 6.30. The minimum Gasteiger partial charge on any atom is -0.497 e. The summed E-state index contributed by atoms with van der Waals surface area (Å²) in [6.45, 7) is 0.448. The van der Waals surface area contributed by atoms with E-state index in [0.29, 0.717) is 18.9 Å². The van der Waals surface area contributed by atoms with Crippen molar-refractivity contribution < 1.29 is 14.6 Å². The highest BCUT2D eigenvalue weighted by Crippen LogP contribution is 2.42. The number of nitrogens with zero attached hydrogens (tertiary/aromatic N) is 1. The summed E-state index contributed by atoms with van der Waals surface area (Å²) in [5, 5.41) is 9.31. The van der Waals surface area contributed by atoms with E-state index in [4.69, 9.17) is 21.4 Å². The second-order valence-corrected chi connectivity index (χ2v) is 8.33. The first kappa shape index (κ1) is 21.9. The van der Waals surface area contributed by atoms with Crippen LogP contribution in [0, 0.1) is 0 Å². The molecule has 1 saturated carbocycles. The molecule has 1 fully saturated rings. The van der Waals surface area contributed by atoms with E-state index >= 15 is 0 Å². The van der Waals surface area contributed by atoms with Crippen LogP contribution in [0.4, 0.5) is 0 Å². The molecule has 1 aliphatic carbocycles. The number of aromatic nitrogens is 1. The summed E-state index contributed by atoms with van der Waals surface area (Å²) in [7, 11) is 1.63. The molecule has 0 amide bonds. The number of benzene rings is 2. The van der Waals surface area contributed by atoms with Crippen LogP contribution in [-0.2, 0) is 13.0 Å². The van der Waals surface area contributed by atoms with Gasteiger partial charge >= 0.3 is 5.97 Å². The van der Waals surface area contributed by atoms with Crippen molar-refractivity contribution in [2.75, 3.05) is 7.11 Å². The topological polar surface area (TPSA) is 68.5 Å². The summed E-state index contributed by atoms with van der Waals surface area (Å²) in [4.78, 5) is 24.0. The maximum absolute atomic E-state index is 13.0. The lowest BCUT2D eigenvalue weighted by molar-refractivity contribution is 0.0697. The van der Waals surface area contributed by atoms with Gasteiger partial charge in [-0.1, -0.05) is 41.9 Å². The van der Waals surface area contributed by atoms with Gasteiger partial charge in [-0.15, -0.1) is 0 Å². The number of pyridine rings is 1. The van der Waals surface area contributed by atoms with E-state index in [2.05, 4.69) is 0 Å². The molecule has 0 bridgehead atoms. The number of carboxylic acid groups (broad SMARTS) is 1.